The minimum absolute atomic E-state index is 0.0568. The van der Waals surface area contributed by atoms with E-state index < -0.39 is 0 Å². The molecule has 0 aromatic heterocycles. The van der Waals surface area contributed by atoms with Gasteiger partial charge in [0, 0.05) is 58.2 Å². The van der Waals surface area contributed by atoms with E-state index in [-0.39, 0.29) is 17.7 Å². The van der Waals surface area contributed by atoms with Gasteiger partial charge in [0.1, 0.15) is 0 Å². The molecule has 0 atom stereocenters. The molecular formula is C23H35N5O2. The summed E-state index contributed by atoms with van der Waals surface area (Å²) in [6.07, 6.45) is 3.15. The number of rotatable bonds is 6. The summed E-state index contributed by atoms with van der Waals surface area (Å²) in [5.41, 5.74) is 2.52. The molecule has 164 valence electrons. The van der Waals surface area contributed by atoms with Gasteiger partial charge in [-0.15, -0.1) is 0 Å². The Bertz CT molecular complexity index is 744. The number of piperidine rings is 1. The maximum Gasteiger partial charge on any atom is 0.225 e. The molecule has 2 N–H and O–H groups in total. The highest BCUT2D eigenvalue weighted by Gasteiger charge is 2.25. The Morgan fingerprint density at radius 2 is 1.73 bits per heavy atom. The number of hydrogen-bond donors (Lipinski definition) is 2. The standard InChI is InChI=1S/C23H35N5O2/c1-17(2)22(30)27-13-10-20(11-14-27)26-23(24-3)25-12-6-9-21(29)28-15-18-7-4-5-8-19(18)16-28/h4-5,7-8,17,20H,6,9-16H2,1-3H3,(H2,24,25,26). The molecule has 2 aliphatic heterocycles. The number of nitrogens with zero attached hydrogens (tertiary/aromatic N) is 3. The zero-order chi connectivity index (χ0) is 21.5. The molecule has 2 aliphatic rings. The van der Waals surface area contributed by atoms with E-state index in [1.165, 1.54) is 11.1 Å². The molecule has 30 heavy (non-hydrogen) atoms. The average Bonchev–Trinajstić information content (AvgIpc) is 3.20. The third-order valence-electron chi connectivity index (χ3n) is 5.92. The lowest BCUT2D eigenvalue weighted by Crippen LogP contribution is -2.50. The number of aliphatic imine (C=N–C) groups is 1. The Morgan fingerprint density at radius 3 is 2.30 bits per heavy atom. The van der Waals surface area contributed by atoms with Crippen LogP contribution < -0.4 is 10.6 Å². The van der Waals surface area contributed by atoms with Gasteiger partial charge in [-0.05, 0) is 30.4 Å². The lowest BCUT2D eigenvalue weighted by molar-refractivity contribution is -0.135. The molecule has 1 fully saturated rings. The molecule has 3 rings (SSSR count). The van der Waals surface area contributed by atoms with Crippen LogP contribution in [0.1, 0.15) is 50.7 Å². The van der Waals surface area contributed by atoms with Crippen LogP contribution in [0.2, 0.25) is 0 Å². The quantitative estimate of drug-likeness (QED) is 0.426. The van der Waals surface area contributed by atoms with Crippen LogP contribution in [0.4, 0.5) is 0 Å². The SMILES string of the molecule is CN=C(NCCCC(=O)N1Cc2ccccc2C1)NC1CCN(C(=O)C(C)C)CC1. The lowest BCUT2D eigenvalue weighted by atomic mass is 10.0. The molecule has 7 heteroatoms. The highest BCUT2D eigenvalue weighted by Crippen LogP contribution is 2.22. The van der Waals surface area contributed by atoms with E-state index in [1.54, 1.807) is 7.05 Å². The van der Waals surface area contributed by atoms with Crippen molar-refractivity contribution in [3.8, 4) is 0 Å². The van der Waals surface area contributed by atoms with Crippen molar-refractivity contribution in [2.24, 2.45) is 10.9 Å². The van der Waals surface area contributed by atoms with Gasteiger partial charge in [0.2, 0.25) is 11.8 Å². The van der Waals surface area contributed by atoms with Crippen molar-refractivity contribution >= 4 is 17.8 Å². The van der Waals surface area contributed by atoms with E-state index in [0.29, 0.717) is 19.0 Å². The van der Waals surface area contributed by atoms with Gasteiger partial charge >= 0.3 is 0 Å². The summed E-state index contributed by atoms with van der Waals surface area (Å²) in [7, 11) is 1.76. The normalized spacial score (nSPS) is 17.3. The minimum atomic E-state index is 0.0568. The van der Waals surface area contributed by atoms with Crippen molar-refractivity contribution in [1.29, 1.82) is 0 Å². The van der Waals surface area contributed by atoms with Crippen molar-refractivity contribution in [2.45, 2.75) is 58.7 Å². The first-order valence-corrected chi connectivity index (χ1v) is 11.1. The molecule has 7 nitrogen and oxygen atoms in total. The molecule has 1 saturated heterocycles. The Morgan fingerprint density at radius 1 is 1.10 bits per heavy atom. The molecule has 0 radical (unpaired) electrons. The largest absolute Gasteiger partial charge is 0.356 e. The number of likely N-dealkylation sites (tertiary alicyclic amines) is 1. The van der Waals surface area contributed by atoms with Gasteiger partial charge in [0.15, 0.2) is 5.96 Å². The average molecular weight is 414 g/mol. The summed E-state index contributed by atoms with van der Waals surface area (Å²) in [5.74, 6) is 1.27. The summed E-state index contributed by atoms with van der Waals surface area (Å²) in [4.78, 5) is 32.8. The molecule has 0 bridgehead atoms. The van der Waals surface area contributed by atoms with Gasteiger partial charge in [0.25, 0.3) is 0 Å². The van der Waals surface area contributed by atoms with Crippen LogP contribution in [0.25, 0.3) is 0 Å². The summed E-state index contributed by atoms with van der Waals surface area (Å²) in [6.45, 7) is 7.64. The highest BCUT2D eigenvalue weighted by atomic mass is 16.2. The van der Waals surface area contributed by atoms with Gasteiger partial charge in [-0.25, -0.2) is 0 Å². The Labute approximate surface area is 179 Å². The number of hydrogen-bond acceptors (Lipinski definition) is 3. The molecule has 0 unspecified atom stereocenters. The van der Waals surface area contributed by atoms with Crippen LogP contribution in [0, 0.1) is 5.92 Å². The number of carbonyl (C=O) groups is 2. The number of guanidine groups is 1. The van der Waals surface area contributed by atoms with Gasteiger partial charge in [-0.3, -0.25) is 14.6 Å². The fourth-order valence-corrected chi connectivity index (χ4v) is 4.11. The van der Waals surface area contributed by atoms with Crippen LogP contribution in [-0.2, 0) is 22.7 Å². The Balaban J connectivity index is 1.33. The van der Waals surface area contributed by atoms with Crippen molar-refractivity contribution in [1.82, 2.24) is 20.4 Å². The molecule has 1 aromatic carbocycles. The zero-order valence-corrected chi connectivity index (χ0v) is 18.5. The Hall–Kier alpha value is -2.57. The van der Waals surface area contributed by atoms with Gasteiger partial charge in [0.05, 0.1) is 0 Å². The molecule has 0 saturated carbocycles. The molecular weight excluding hydrogens is 378 g/mol. The van der Waals surface area contributed by atoms with E-state index >= 15 is 0 Å². The number of fused-ring (bicyclic) bond motifs is 1. The van der Waals surface area contributed by atoms with E-state index in [9.17, 15) is 9.59 Å². The summed E-state index contributed by atoms with van der Waals surface area (Å²) in [6, 6.07) is 8.58. The summed E-state index contributed by atoms with van der Waals surface area (Å²) in [5, 5.41) is 6.77. The maximum atomic E-state index is 12.5. The van der Waals surface area contributed by atoms with E-state index in [4.69, 9.17) is 0 Å². The summed E-state index contributed by atoms with van der Waals surface area (Å²) >= 11 is 0. The monoisotopic (exact) mass is 413 g/mol. The molecule has 0 aliphatic carbocycles. The van der Waals surface area contributed by atoms with Crippen LogP contribution in [0.15, 0.2) is 29.3 Å². The molecule has 2 amide bonds. The fraction of sp³-hybridized carbons (Fsp3) is 0.609. The Kier molecular flexibility index (Phi) is 7.71. The molecule has 2 heterocycles. The molecule has 0 spiro atoms. The van der Waals surface area contributed by atoms with Crippen molar-refractivity contribution in [3.63, 3.8) is 0 Å². The first-order valence-electron chi connectivity index (χ1n) is 11.1. The number of benzene rings is 1. The van der Waals surface area contributed by atoms with Crippen molar-refractivity contribution in [2.75, 3.05) is 26.7 Å². The van der Waals surface area contributed by atoms with Crippen molar-refractivity contribution in [3.05, 3.63) is 35.4 Å². The third-order valence-corrected chi connectivity index (χ3v) is 5.92. The van der Waals surface area contributed by atoms with Gasteiger partial charge in [-0.1, -0.05) is 38.1 Å². The second-order valence-electron chi connectivity index (χ2n) is 8.52. The zero-order valence-electron chi connectivity index (χ0n) is 18.5. The van der Waals surface area contributed by atoms with Crippen molar-refractivity contribution < 1.29 is 9.59 Å². The topological polar surface area (TPSA) is 77.0 Å². The van der Waals surface area contributed by atoms with Crippen LogP contribution in [-0.4, -0.2) is 60.3 Å². The minimum Gasteiger partial charge on any atom is -0.356 e. The first-order chi connectivity index (χ1) is 14.5. The second-order valence-corrected chi connectivity index (χ2v) is 8.52. The maximum absolute atomic E-state index is 12.5. The van der Waals surface area contributed by atoms with Crippen LogP contribution >= 0.6 is 0 Å². The molecule has 1 aromatic rings. The van der Waals surface area contributed by atoms with E-state index in [2.05, 4.69) is 27.8 Å². The van der Waals surface area contributed by atoms with Crippen LogP contribution in [0.5, 0.6) is 0 Å². The smallest absolute Gasteiger partial charge is 0.225 e. The fourth-order valence-electron chi connectivity index (χ4n) is 4.11. The van der Waals surface area contributed by atoms with Gasteiger partial charge in [-0.2, -0.15) is 0 Å². The number of amides is 2. The lowest BCUT2D eigenvalue weighted by Gasteiger charge is -2.34. The number of nitrogens with one attached hydrogen (secondary N) is 2. The predicted octanol–water partition coefficient (Wildman–Crippen LogP) is 2.12. The van der Waals surface area contributed by atoms with E-state index in [1.807, 2.05) is 35.8 Å². The summed E-state index contributed by atoms with van der Waals surface area (Å²) < 4.78 is 0. The second kappa shape index (κ2) is 10.5. The first kappa shape index (κ1) is 22.1. The van der Waals surface area contributed by atoms with Gasteiger partial charge < -0.3 is 20.4 Å². The highest BCUT2D eigenvalue weighted by molar-refractivity contribution is 5.80. The predicted molar refractivity (Wildman–Crippen MR) is 119 cm³/mol. The third kappa shape index (κ3) is 5.74. The van der Waals surface area contributed by atoms with Crippen LogP contribution in [0.3, 0.4) is 0 Å². The van der Waals surface area contributed by atoms with E-state index in [0.717, 1.165) is 51.4 Å². The number of carbonyl (C=O) groups excluding carboxylic acids is 2.